The Kier molecular flexibility index (Phi) is 4.32. The van der Waals surface area contributed by atoms with Gasteiger partial charge >= 0.3 is 0 Å². The topological polar surface area (TPSA) is 56.7 Å². The Morgan fingerprint density at radius 3 is 2.42 bits per heavy atom. The second-order valence-electron chi connectivity index (χ2n) is 5.27. The SMILES string of the molecule is CC(C)C(CN)c1cncn1C(C)c1ccncc1. The summed E-state index contributed by atoms with van der Waals surface area (Å²) in [6.07, 6.45) is 7.48. The fourth-order valence-electron chi connectivity index (χ4n) is 2.46. The summed E-state index contributed by atoms with van der Waals surface area (Å²) in [4.78, 5) is 8.38. The molecule has 19 heavy (non-hydrogen) atoms. The quantitative estimate of drug-likeness (QED) is 0.896. The van der Waals surface area contributed by atoms with Crippen LogP contribution in [-0.4, -0.2) is 21.1 Å². The molecule has 0 saturated heterocycles. The van der Waals surface area contributed by atoms with Crippen LogP contribution in [0.1, 0.15) is 44.0 Å². The molecule has 2 atom stereocenters. The normalized spacial score (nSPS) is 14.6. The molecule has 0 aliphatic carbocycles. The van der Waals surface area contributed by atoms with Gasteiger partial charge in [-0.2, -0.15) is 0 Å². The van der Waals surface area contributed by atoms with Gasteiger partial charge in [-0.25, -0.2) is 4.98 Å². The number of rotatable bonds is 5. The minimum atomic E-state index is 0.244. The van der Waals surface area contributed by atoms with Crippen LogP contribution in [0.25, 0.3) is 0 Å². The van der Waals surface area contributed by atoms with Crippen LogP contribution in [0.2, 0.25) is 0 Å². The van der Waals surface area contributed by atoms with Crippen molar-refractivity contribution in [2.45, 2.75) is 32.7 Å². The van der Waals surface area contributed by atoms with Gasteiger partial charge in [-0.15, -0.1) is 0 Å². The molecular formula is C15H22N4. The van der Waals surface area contributed by atoms with Gasteiger partial charge in [0, 0.05) is 36.7 Å². The molecule has 0 fully saturated rings. The average Bonchev–Trinajstić information content (AvgIpc) is 2.88. The van der Waals surface area contributed by atoms with E-state index in [0.29, 0.717) is 18.4 Å². The first-order valence-electron chi connectivity index (χ1n) is 6.76. The lowest BCUT2D eigenvalue weighted by molar-refractivity contribution is 0.463. The molecule has 0 aliphatic rings. The van der Waals surface area contributed by atoms with E-state index in [4.69, 9.17) is 5.73 Å². The van der Waals surface area contributed by atoms with Crippen molar-refractivity contribution in [1.29, 1.82) is 0 Å². The zero-order chi connectivity index (χ0) is 13.8. The highest BCUT2D eigenvalue weighted by atomic mass is 15.1. The van der Waals surface area contributed by atoms with Gasteiger partial charge in [0.05, 0.1) is 12.4 Å². The van der Waals surface area contributed by atoms with Gasteiger partial charge in [0.1, 0.15) is 0 Å². The minimum Gasteiger partial charge on any atom is -0.330 e. The van der Waals surface area contributed by atoms with Gasteiger partial charge in [-0.05, 0) is 30.5 Å². The average molecular weight is 258 g/mol. The van der Waals surface area contributed by atoms with Gasteiger partial charge in [-0.3, -0.25) is 4.98 Å². The van der Waals surface area contributed by atoms with Gasteiger partial charge in [0.25, 0.3) is 0 Å². The Morgan fingerprint density at radius 2 is 1.84 bits per heavy atom. The second-order valence-corrected chi connectivity index (χ2v) is 5.27. The summed E-state index contributed by atoms with van der Waals surface area (Å²) in [6.45, 7) is 7.22. The summed E-state index contributed by atoms with van der Waals surface area (Å²) in [5.74, 6) is 0.844. The van der Waals surface area contributed by atoms with E-state index in [1.807, 2.05) is 37.1 Å². The Hall–Kier alpha value is -1.68. The third-order valence-electron chi connectivity index (χ3n) is 3.74. The molecule has 0 bridgehead atoms. The Bertz CT molecular complexity index is 504. The van der Waals surface area contributed by atoms with Crippen LogP contribution in [0.5, 0.6) is 0 Å². The molecule has 0 radical (unpaired) electrons. The highest BCUT2D eigenvalue weighted by Gasteiger charge is 2.20. The van der Waals surface area contributed by atoms with Crippen molar-refractivity contribution in [1.82, 2.24) is 14.5 Å². The number of aromatic nitrogens is 3. The highest BCUT2D eigenvalue weighted by molar-refractivity contribution is 5.19. The number of pyridine rings is 1. The van der Waals surface area contributed by atoms with Crippen LogP contribution < -0.4 is 5.73 Å². The zero-order valence-corrected chi connectivity index (χ0v) is 11.8. The second kappa shape index (κ2) is 5.97. The minimum absolute atomic E-state index is 0.244. The van der Waals surface area contributed by atoms with E-state index in [2.05, 4.69) is 35.3 Å². The monoisotopic (exact) mass is 258 g/mol. The summed E-state index contributed by atoms with van der Waals surface area (Å²) in [6, 6.07) is 4.33. The predicted octanol–water partition coefficient (Wildman–Crippen LogP) is 2.59. The molecule has 0 aromatic carbocycles. The maximum atomic E-state index is 5.92. The summed E-state index contributed by atoms with van der Waals surface area (Å²) in [5.41, 5.74) is 8.36. The smallest absolute Gasteiger partial charge is 0.0953 e. The molecule has 0 spiro atoms. The Balaban J connectivity index is 2.34. The van der Waals surface area contributed by atoms with Crippen LogP contribution in [0.4, 0.5) is 0 Å². The van der Waals surface area contributed by atoms with Crippen LogP contribution in [0.3, 0.4) is 0 Å². The lowest BCUT2D eigenvalue weighted by Crippen LogP contribution is -2.22. The van der Waals surface area contributed by atoms with E-state index in [1.165, 1.54) is 11.3 Å². The van der Waals surface area contributed by atoms with E-state index in [9.17, 15) is 0 Å². The molecule has 0 aliphatic heterocycles. The number of nitrogens with two attached hydrogens (primary N) is 1. The largest absolute Gasteiger partial charge is 0.330 e. The van der Waals surface area contributed by atoms with E-state index >= 15 is 0 Å². The first-order chi connectivity index (χ1) is 9.15. The van der Waals surface area contributed by atoms with Crippen molar-refractivity contribution >= 4 is 0 Å². The predicted molar refractivity (Wildman–Crippen MR) is 76.9 cm³/mol. The van der Waals surface area contributed by atoms with Gasteiger partial charge < -0.3 is 10.3 Å². The van der Waals surface area contributed by atoms with Crippen LogP contribution >= 0.6 is 0 Å². The molecule has 4 heteroatoms. The maximum absolute atomic E-state index is 5.92. The lowest BCUT2D eigenvalue weighted by atomic mass is 9.92. The number of hydrogen-bond acceptors (Lipinski definition) is 3. The molecule has 2 unspecified atom stereocenters. The molecule has 0 saturated carbocycles. The van der Waals surface area contributed by atoms with Gasteiger partial charge in [0.15, 0.2) is 0 Å². The molecule has 102 valence electrons. The van der Waals surface area contributed by atoms with Crippen molar-refractivity contribution < 1.29 is 0 Å². The molecule has 2 N–H and O–H groups in total. The van der Waals surface area contributed by atoms with Crippen molar-refractivity contribution in [2.24, 2.45) is 11.7 Å². The standard InChI is InChI=1S/C15H22N4/c1-11(2)14(8-16)15-9-18-10-19(15)12(3)13-4-6-17-7-5-13/h4-7,9-12,14H,8,16H2,1-3H3. The zero-order valence-electron chi connectivity index (χ0n) is 11.8. The number of imidazole rings is 1. The molecule has 2 aromatic heterocycles. The summed E-state index contributed by atoms with van der Waals surface area (Å²) in [7, 11) is 0. The van der Waals surface area contributed by atoms with Crippen LogP contribution in [-0.2, 0) is 0 Å². The molecule has 2 heterocycles. The Morgan fingerprint density at radius 1 is 1.16 bits per heavy atom. The first-order valence-corrected chi connectivity index (χ1v) is 6.76. The first kappa shape index (κ1) is 13.7. The van der Waals surface area contributed by atoms with E-state index in [1.54, 1.807) is 0 Å². The van der Waals surface area contributed by atoms with Crippen molar-refractivity contribution in [3.63, 3.8) is 0 Å². The molecule has 2 rings (SSSR count). The summed E-state index contributed by atoms with van der Waals surface area (Å²) < 4.78 is 2.22. The van der Waals surface area contributed by atoms with Crippen LogP contribution in [0.15, 0.2) is 37.1 Å². The van der Waals surface area contributed by atoms with E-state index < -0.39 is 0 Å². The van der Waals surface area contributed by atoms with Gasteiger partial charge in [0.2, 0.25) is 0 Å². The fraction of sp³-hybridized carbons (Fsp3) is 0.467. The fourth-order valence-corrected chi connectivity index (χ4v) is 2.46. The van der Waals surface area contributed by atoms with Crippen molar-refractivity contribution in [3.05, 3.63) is 48.3 Å². The maximum Gasteiger partial charge on any atom is 0.0953 e. The molecule has 0 amide bonds. The van der Waals surface area contributed by atoms with E-state index in [0.717, 1.165) is 0 Å². The summed E-state index contributed by atoms with van der Waals surface area (Å²) in [5, 5.41) is 0. The third-order valence-corrected chi connectivity index (χ3v) is 3.74. The van der Waals surface area contributed by atoms with Crippen molar-refractivity contribution in [3.8, 4) is 0 Å². The van der Waals surface area contributed by atoms with E-state index in [-0.39, 0.29) is 6.04 Å². The van der Waals surface area contributed by atoms with Gasteiger partial charge in [-0.1, -0.05) is 13.8 Å². The molecular weight excluding hydrogens is 236 g/mol. The lowest BCUT2D eigenvalue weighted by Gasteiger charge is -2.24. The third kappa shape index (κ3) is 2.84. The number of nitrogens with zero attached hydrogens (tertiary/aromatic N) is 3. The summed E-state index contributed by atoms with van der Waals surface area (Å²) >= 11 is 0. The Labute approximate surface area is 114 Å². The molecule has 4 nitrogen and oxygen atoms in total. The number of hydrogen-bond donors (Lipinski definition) is 1. The van der Waals surface area contributed by atoms with Crippen molar-refractivity contribution in [2.75, 3.05) is 6.54 Å². The highest BCUT2D eigenvalue weighted by Crippen LogP contribution is 2.27. The van der Waals surface area contributed by atoms with Crippen LogP contribution in [0, 0.1) is 5.92 Å². The molecule has 2 aromatic rings.